The highest BCUT2D eigenvalue weighted by molar-refractivity contribution is 8.18. The third-order valence-electron chi connectivity index (χ3n) is 4.55. The minimum atomic E-state index is -0.746. The largest absolute Gasteiger partial charge is 0.506 e. The average molecular weight is 470 g/mol. The van der Waals surface area contributed by atoms with Gasteiger partial charge in [0.2, 0.25) is 5.91 Å². The number of aliphatic hydroxyl groups is 1. The molecule has 1 amide bonds. The van der Waals surface area contributed by atoms with Crippen LogP contribution in [0.25, 0.3) is 6.08 Å². The van der Waals surface area contributed by atoms with Gasteiger partial charge in [-0.3, -0.25) is 4.79 Å². The van der Waals surface area contributed by atoms with Gasteiger partial charge in [-0.05, 0) is 43.2 Å². The van der Waals surface area contributed by atoms with Crippen molar-refractivity contribution in [3.8, 4) is 5.75 Å². The number of aliphatic hydroxyl groups excluding tert-OH is 1. The summed E-state index contributed by atoms with van der Waals surface area (Å²) in [6.45, 7) is 3.77. The summed E-state index contributed by atoms with van der Waals surface area (Å²) in [5, 5.41) is 10.9. The van der Waals surface area contributed by atoms with E-state index in [-0.39, 0.29) is 47.7 Å². The third-order valence-corrected chi connectivity index (χ3v) is 5.57. The fourth-order valence-corrected chi connectivity index (χ4v) is 4.06. The topological polar surface area (TPSA) is 85.2 Å². The predicted molar refractivity (Wildman–Crippen MR) is 126 cm³/mol. The van der Waals surface area contributed by atoms with E-state index in [9.17, 15) is 19.1 Å². The van der Waals surface area contributed by atoms with E-state index < -0.39 is 5.97 Å². The summed E-state index contributed by atoms with van der Waals surface area (Å²) in [4.78, 5) is 28.9. The molecule has 0 aromatic heterocycles. The van der Waals surface area contributed by atoms with Crippen LogP contribution in [0.5, 0.6) is 5.75 Å². The van der Waals surface area contributed by atoms with Crippen molar-refractivity contribution in [3.05, 3.63) is 81.7 Å². The first-order chi connectivity index (χ1) is 15.9. The van der Waals surface area contributed by atoms with Crippen molar-refractivity contribution in [1.82, 2.24) is 0 Å². The Bertz CT molecular complexity index is 1140. The van der Waals surface area contributed by atoms with Gasteiger partial charge in [0, 0.05) is 12.0 Å². The maximum Gasteiger partial charge on any atom is 0.344 e. The number of para-hydroxylation sites is 1. The number of rotatable bonds is 8. The summed E-state index contributed by atoms with van der Waals surface area (Å²) in [7, 11) is 0. The molecule has 1 aliphatic rings. The van der Waals surface area contributed by atoms with E-state index in [0.29, 0.717) is 28.2 Å². The van der Waals surface area contributed by atoms with Crippen molar-refractivity contribution < 1.29 is 28.6 Å². The maximum atomic E-state index is 13.4. The van der Waals surface area contributed by atoms with E-state index in [1.807, 2.05) is 6.92 Å². The van der Waals surface area contributed by atoms with Crippen LogP contribution in [0.2, 0.25) is 0 Å². The van der Waals surface area contributed by atoms with Crippen LogP contribution < -0.4 is 4.74 Å². The van der Waals surface area contributed by atoms with Gasteiger partial charge in [0.05, 0.1) is 11.5 Å². The lowest BCUT2D eigenvalue weighted by molar-refractivity contribution is -0.138. The van der Waals surface area contributed by atoms with Crippen molar-refractivity contribution in [3.63, 3.8) is 0 Å². The van der Waals surface area contributed by atoms with Gasteiger partial charge < -0.3 is 14.6 Å². The Morgan fingerprint density at radius 3 is 2.67 bits per heavy atom. The number of nitrogens with zero attached hydrogens (tertiary/aromatic N) is 1. The molecular weight excluding hydrogens is 445 g/mol. The quantitative estimate of drug-likeness (QED) is 0.507. The third kappa shape index (κ3) is 6.32. The standard InChI is InChI=1S/C25H24FNO5S/c1-3-8-21(28)27-24-22(25(30)31-4-2)23(29)20(33-24)14-17-10-5-6-12-19(17)32-15-16-9-7-11-18(26)13-16/h5-7,9-14,29H,3-4,8,15H2,1-2H3/b20-14-,27-24?. The Kier molecular flexibility index (Phi) is 8.43. The number of ether oxygens (including phenoxy) is 2. The number of carbonyl (C=O) groups is 2. The molecule has 0 fully saturated rings. The molecule has 0 bridgehead atoms. The highest BCUT2D eigenvalue weighted by Crippen LogP contribution is 2.40. The number of esters is 1. The van der Waals surface area contributed by atoms with Crippen molar-refractivity contribution in [1.29, 1.82) is 0 Å². The smallest absolute Gasteiger partial charge is 0.344 e. The van der Waals surface area contributed by atoms with Crippen molar-refractivity contribution >= 4 is 34.8 Å². The van der Waals surface area contributed by atoms with Crippen LogP contribution in [0, 0.1) is 5.82 Å². The Labute approximate surface area is 195 Å². The van der Waals surface area contributed by atoms with Gasteiger partial charge in [-0.2, -0.15) is 0 Å². The fourth-order valence-electron chi connectivity index (χ4n) is 3.04. The average Bonchev–Trinajstić information content (AvgIpc) is 3.08. The number of amides is 1. The maximum absolute atomic E-state index is 13.4. The minimum absolute atomic E-state index is 0.105. The molecule has 0 unspecified atom stereocenters. The second-order valence-corrected chi connectivity index (χ2v) is 8.10. The number of hydrogen-bond donors (Lipinski definition) is 1. The lowest BCUT2D eigenvalue weighted by Gasteiger charge is -2.10. The van der Waals surface area contributed by atoms with E-state index in [1.54, 1.807) is 49.4 Å². The number of thioether (sulfide) groups is 1. The number of aliphatic imine (C=N–C) groups is 1. The highest BCUT2D eigenvalue weighted by atomic mass is 32.2. The van der Waals surface area contributed by atoms with Crippen LogP contribution in [0.3, 0.4) is 0 Å². The molecule has 1 N–H and O–H groups in total. The van der Waals surface area contributed by atoms with Crippen LogP contribution in [0.1, 0.15) is 37.8 Å². The zero-order valence-corrected chi connectivity index (χ0v) is 19.2. The van der Waals surface area contributed by atoms with E-state index in [2.05, 4.69) is 4.99 Å². The molecule has 0 radical (unpaired) electrons. The van der Waals surface area contributed by atoms with Crippen LogP contribution in [-0.2, 0) is 20.9 Å². The fraction of sp³-hybridized carbons (Fsp3) is 0.240. The number of hydrogen-bond acceptors (Lipinski definition) is 6. The second-order valence-electron chi connectivity index (χ2n) is 7.07. The van der Waals surface area contributed by atoms with Gasteiger partial charge in [0.1, 0.15) is 34.5 Å². The van der Waals surface area contributed by atoms with E-state index in [4.69, 9.17) is 9.47 Å². The Hall–Kier alpha value is -3.39. The molecule has 0 saturated carbocycles. The lowest BCUT2D eigenvalue weighted by atomic mass is 10.1. The van der Waals surface area contributed by atoms with Gasteiger partial charge in [-0.15, -0.1) is 0 Å². The molecule has 8 heteroatoms. The summed E-state index contributed by atoms with van der Waals surface area (Å²) < 4.78 is 24.4. The monoisotopic (exact) mass is 469 g/mol. The van der Waals surface area contributed by atoms with Crippen molar-refractivity contribution in [2.75, 3.05) is 6.61 Å². The van der Waals surface area contributed by atoms with Gasteiger partial charge in [-0.1, -0.05) is 49.0 Å². The normalized spacial score (nSPS) is 15.8. The summed E-state index contributed by atoms with van der Waals surface area (Å²) in [6, 6.07) is 13.2. The van der Waals surface area contributed by atoms with Crippen LogP contribution in [0.4, 0.5) is 4.39 Å². The van der Waals surface area contributed by atoms with E-state index >= 15 is 0 Å². The second kappa shape index (κ2) is 11.5. The molecule has 172 valence electrons. The van der Waals surface area contributed by atoms with Crippen LogP contribution in [-0.4, -0.2) is 28.6 Å². The minimum Gasteiger partial charge on any atom is -0.506 e. The zero-order valence-electron chi connectivity index (χ0n) is 18.3. The molecule has 0 atom stereocenters. The van der Waals surface area contributed by atoms with E-state index in [1.165, 1.54) is 12.1 Å². The predicted octanol–water partition coefficient (Wildman–Crippen LogP) is 5.59. The molecule has 2 aromatic rings. The van der Waals surface area contributed by atoms with Crippen LogP contribution >= 0.6 is 11.8 Å². The van der Waals surface area contributed by atoms with Crippen molar-refractivity contribution in [2.24, 2.45) is 4.99 Å². The summed E-state index contributed by atoms with van der Waals surface area (Å²) in [6.07, 6.45) is 2.49. The molecule has 2 aromatic carbocycles. The molecule has 0 spiro atoms. The lowest BCUT2D eigenvalue weighted by Crippen LogP contribution is -2.14. The van der Waals surface area contributed by atoms with Gasteiger partial charge in [0.15, 0.2) is 0 Å². The molecule has 3 rings (SSSR count). The molecule has 1 heterocycles. The molecular formula is C25H24FNO5S. The van der Waals surface area contributed by atoms with E-state index in [0.717, 1.165) is 11.8 Å². The Morgan fingerprint density at radius 1 is 1.15 bits per heavy atom. The van der Waals surface area contributed by atoms with Gasteiger partial charge in [-0.25, -0.2) is 14.2 Å². The highest BCUT2D eigenvalue weighted by Gasteiger charge is 2.33. The number of carbonyl (C=O) groups excluding carboxylic acids is 2. The number of halogens is 1. The molecule has 0 saturated heterocycles. The first-order valence-electron chi connectivity index (χ1n) is 10.5. The molecule has 33 heavy (non-hydrogen) atoms. The SMILES string of the molecule is CCCC(=O)N=C1S/C(=C\c2ccccc2OCc2cccc(F)c2)C(O)=C1C(=O)OCC. The first-order valence-corrected chi connectivity index (χ1v) is 11.3. The van der Waals surface area contributed by atoms with Crippen molar-refractivity contribution in [2.45, 2.75) is 33.3 Å². The first kappa shape index (κ1) is 24.3. The van der Waals surface area contributed by atoms with Gasteiger partial charge in [0.25, 0.3) is 0 Å². The summed E-state index contributed by atoms with van der Waals surface area (Å²) >= 11 is 1.02. The summed E-state index contributed by atoms with van der Waals surface area (Å²) in [5.74, 6) is -1.27. The Morgan fingerprint density at radius 2 is 1.94 bits per heavy atom. The molecule has 6 nitrogen and oxygen atoms in total. The molecule has 1 aliphatic heterocycles. The molecule has 0 aliphatic carbocycles. The van der Waals surface area contributed by atoms with Crippen LogP contribution in [0.15, 0.2) is 69.8 Å². The number of benzene rings is 2. The van der Waals surface area contributed by atoms with Gasteiger partial charge >= 0.3 is 5.97 Å². The summed E-state index contributed by atoms with van der Waals surface area (Å²) in [5.41, 5.74) is 1.17. The zero-order chi connectivity index (χ0) is 23.8. The Balaban J connectivity index is 1.92.